The van der Waals surface area contributed by atoms with Crippen LogP contribution in [-0.2, 0) is 16.1 Å². The molecule has 178 valence electrons. The smallest absolute Gasteiger partial charge is 0.246 e. The Hall–Kier alpha value is -4.18. The molecule has 2 amide bonds. The minimum absolute atomic E-state index is 0.0758. The fourth-order valence-corrected chi connectivity index (χ4v) is 4.31. The summed E-state index contributed by atoms with van der Waals surface area (Å²) in [5, 5.41) is 7.52. The fraction of sp³-hybridized carbons (Fsp3) is 0.200. The predicted octanol–water partition coefficient (Wildman–Crippen LogP) is 4.81. The van der Waals surface area contributed by atoms with Crippen LogP contribution in [0, 0.1) is 6.92 Å². The topological polar surface area (TPSA) is 110 Å². The van der Waals surface area contributed by atoms with Gasteiger partial charge in [-0.1, -0.05) is 23.5 Å². The number of benzene rings is 1. The number of nitrogens with one attached hydrogen (secondary N) is 2. The summed E-state index contributed by atoms with van der Waals surface area (Å²) in [5.41, 5.74) is 4.75. The van der Waals surface area contributed by atoms with Crippen LogP contribution >= 0.6 is 11.3 Å². The van der Waals surface area contributed by atoms with Crippen LogP contribution in [-0.4, -0.2) is 40.3 Å². The lowest BCUT2D eigenvalue weighted by Crippen LogP contribution is -2.24. The molecule has 0 aliphatic carbocycles. The van der Waals surface area contributed by atoms with Crippen LogP contribution in [0.4, 0.5) is 11.5 Å². The van der Waals surface area contributed by atoms with E-state index in [4.69, 9.17) is 9.15 Å². The molecule has 3 aromatic heterocycles. The molecule has 5 rings (SSSR count). The van der Waals surface area contributed by atoms with E-state index in [0.29, 0.717) is 41.7 Å². The molecule has 1 aliphatic heterocycles. The third kappa shape index (κ3) is 4.87. The van der Waals surface area contributed by atoms with Crippen LogP contribution < -0.4 is 15.4 Å². The number of thiazole rings is 1. The molecule has 4 aromatic rings. The molecule has 0 atom stereocenters. The molecule has 1 aliphatic rings. The van der Waals surface area contributed by atoms with Gasteiger partial charge in [0.1, 0.15) is 5.76 Å². The van der Waals surface area contributed by atoms with Gasteiger partial charge in [-0.15, -0.1) is 0 Å². The summed E-state index contributed by atoms with van der Waals surface area (Å²) in [6.07, 6.45) is 6.88. The van der Waals surface area contributed by atoms with Gasteiger partial charge in [-0.2, -0.15) is 0 Å². The Labute approximate surface area is 205 Å². The molecule has 9 nitrogen and oxygen atoms in total. The van der Waals surface area contributed by atoms with Crippen molar-refractivity contribution in [2.45, 2.75) is 19.9 Å². The quantitative estimate of drug-likeness (QED) is 0.374. The zero-order valence-corrected chi connectivity index (χ0v) is 20.0. The second kappa shape index (κ2) is 9.59. The number of para-hydroxylation sites is 1. The summed E-state index contributed by atoms with van der Waals surface area (Å²) >= 11 is 1.40. The predicted molar refractivity (Wildman–Crippen MR) is 135 cm³/mol. The van der Waals surface area contributed by atoms with Crippen molar-refractivity contribution in [3.8, 4) is 10.8 Å². The average molecular weight is 490 g/mol. The second-order valence-electron chi connectivity index (χ2n) is 8.11. The molecule has 0 spiro atoms. The molecular formula is C25H23N5O4S. The highest BCUT2D eigenvalue weighted by Gasteiger charge is 2.18. The number of aromatic nitrogens is 2. The second-order valence-corrected chi connectivity index (χ2v) is 8.96. The third-order valence-electron chi connectivity index (χ3n) is 5.63. The summed E-state index contributed by atoms with van der Waals surface area (Å²) in [7, 11) is 1.75. The van der Waals surface area contributed by atoms with E-state index in [-0.39, 0.29) is 11.8 Å². The van der Waals surface area contributed by atoms with Crippen molar-refractivity contribution in [3.05, 3.63) is 65.1 Å². The molecular weight excluding hydrogens is 466 g/mol. The number of furan rings is 1. The summed E-state index contributed by atoms with van der Waals surface area (Å²) in [4.78, 5) is 34.5. The van der Waals surface area contributed by atoms with Gasteiger partial charge in [-0.25, -0.2) is 9.97 Å². The molecule has 0 unspecified atom stereocenters. The first-order chi connectivity index (χ1) is 17.0. The van der Waals surface area contributed by atoms with Crippen LogP contribution in [0.5, 0.6) is 10.8 Å². The Morgan fingerprint density at radius 3 is 3.06 bits per heavy atom. The maximum atomic E-state index is 12.8. The van der Waals surface area contributed by atoms with Crippen molar-refractivity contribution < 1.29 is 18.7 Å². The first kappa shape index (κ1) is 22.6. The maximum Gasteiger partial charge on any atom is 0.246 e. The van der Waals surface area contributed by atoms with Gasteiger partial charge in [0.25, 0.3) is 0 Å². The minimum atomic E-state index is -0.160. The molecule has 4 heterocycles. The summed E-state index contributed by atoms with van der Waals surface area (Å²) < 4.78 is 11.9. The number of hydrogen-bond acceptors (Lipinski definition) is 8. The fourth-order valence-electron chi connectivity index (χ4n) is 3.82. The normalized spacial score (nSPS) is 13.3. The number of anilines is 2. The number of carbonyl (C=O) groups excluding carboxylic acids is 2. The Morgan fingerprint density at radius 2 is 2.23 bits per heavy atom. The van der Waals surface area contributed by atoms with E-state index in [2.05, 4.69) is 20.6 Å². The lowest BCUT2D eigenvalue weighted by molar-refractivity contribution is -0.125. The highest BCUT2D eigenvalue weighted by atomic mass is 32.1. The Kier molecular flexibility index (Phi) is 6.19. The molecule has 0 saturated heterocycles. The van der Waals surface area contributed by atoms with Gasteiger partial charge < -0.3 is 24.7 Å². The van der Waals surface area contributed by atoms with E-state index in [0.717, 1.165) is 28.0 Å². The Bertz CT molecular complexity index is 1430. The van der Waals surface area contributed by atoms with E-state index < -0.39 is 0 Å². The number of likely N-dealkylation sites (N-methyl/N-ethyl adjacent to an activating group) is 1. The van der Waals surface area contributed by atoms with Gasteiger partial charge in [-0.05, 0) is 30.7 Å². The first-order valence-electron chi connectivity index (χ1n) is 11.0. The van der Waals surface area contributed by atoms with Crippen LogP contribution in [0.15, 0.2) is 52.7 Å². The largest absolute Gasteiger partial charge is 0.457 e. The van der Waals surface area contributed by atoms with Crippen LogP contribution in [0.25, 0.3) is 17.0 Å². The van der Waals surface area contributed by atoms with Gasteiger partial charge in [-0.3, -0.25) is 9.59 Å². The van der Waals surface area contributed by atoms with Crippen LogP contribution in [0.1, 0.15) is 23.3 Å². The van der Waals surface area contributed by atoms with Crippen molar-refractivity contribution in [3.63, 3.8) is 0 Å². The van der Waals surface area contributed by atoms with E-state index >= 15 is 0 Å². The van der Waals surface area contributed by atoms with Crippen LogP contribution in [0.2, 0.25) is 0 Å². The lowest BCUT2D eigenvalue weighted by Gasteiger charge is -2.15. The number of nitrogens with zero attached hydrogens (tertiary/aromatic N) is 3. The number of aryl methyl sites for hydroxylation is 1. The van der Waals surface area contributed by atoms with Crippen molar-refractivity contribution in [2.75, 3.05) is 24.2 Å². The number of amides is 2. The summed E-state index contributed by atoms with van der Waals surface area (Å²) in [5.74, 6) is 1.59. The van der Waals surface area contributed by atoms with Crippen molar-refractivity contribution in [1.82, 2.24) is 14.9 Å². The summed E-state index contributed by atoms with van der Waals surface area (Å²) in [6.45, 7) is 2.79. The van der Waals surface area contributed by atoms with E-state index in [1.165, 1.54) is 17.4 Å². The molecule has 0 radical (unpaired) electrons. The maximum absolute atomic E-state index is 12.8. The molecule has 1 aromatic carbocycles. The number of rotatable bonds is 6. The summed E-state index contributed by atoms with van der Waals surface area (Å²) in [6, 6.07) is 7.57. The van der Waals surface area contributed by atoms with Crippen molar-refractivity contribution in [2.24, 2.45) is 0 Å². The van der Waals surface area contributed by atoms with E-state index in [1.807, 2.05) is 31.2 Å². The SMILES string of the molecule is Cc1oc2c(Oc3cncs3)cccc2c1CN(C)C(=O)/C=C/c1cnc2c(c1)NCCC(=O)N2. The Morgan fingerprint density at radius 1 is 1.34 bits per heavy atom. The monoisotopic (exact) mass is 489 g/mol. The van der Waals surface area contributed by atoms with Crippen LogP contribution in [0.3, 0.4) is 0 Å². The van der Waals surface area contributed by atoms with Gasteiger partial charge in [0.05, 0.1) is 17.4 Å². The number of ether oxygens (including phenoxy) is 1. The third-order valence-corrected chi connectivity index (χ3v) is 6.28. The molecule has 10 heteroatoms. The minimum Gasteiger partial charge on any atom is -0.457 e. The van der Waals surface area contributed by atoms with E-state index in [1.54, 1.807) is 35.9 Å². The van der Waals surface area contributed by atoms with Gasteiger partial charge in [0.2, 0.25) is 16.9 Å². The zero-order valence-electron chi connectivity index (χ0n) is 19.2. The lowest BCUT2D eigenvalue weighted by atomic mass is 10.1. The van der Waals surface area contributed by atoms with Crippen molar-refractivity contribution in [1.29, 1.82) is 0 Å². The Balaban J connectivity index is 1.31. The molecule has 0 saturated carbocycles. The first-order valence-corrected chi connectivity index (χ1v) is 11.9. The van der Waals surface area contributed by atoms with E-state index in [9.17, 15) is 9.59 Å². The van der Waals surface area contributed by atoms with Gasteiger partial charge in [0.15, 0.2) is 17.2 Å². The number of pyridine rings is 1. The molecule has 0 bridgehead atoms. The number of hydrogen-bond donors (Lipinski definition) is 2. The highest BCUT2D eigenvalue weighted by molar-refractivity contribution is 7.11. The number of carbonyl (C=O) groups is 2. The van der Waals surface area contributed by atoms with Gasteiger partial charge in [0, 0.05) is 49.8 Å². The highest BCUT2D eigenvalue weighted by Crippen LogP contribution is 2.36. The molecule has 0 fully saturated rings. The van der Waals surface area contributed by atoms with Gasteiger partial charge >= 0.3 is 0 Å². The number of fused-ring (bicyclic) bond motifs is 2. The molecule has 2 N–H and O–H groups in total. The zero-order chi connectivity index (χ0) is 24.4. The van der Waals surface area contributed by atoms with Crippen molar-refractivity contribution >= 4 is 51.7 Å². The molecule has 35 heavy (non-hydrogen) atoms. The standard InChI is InChI=1S/C25H23N5O4S/c1-15-18(17-4-3-5-20(24(17)33-15)34-23-12-26-14-35-23)13-30(2)22(32)7-6-16-10-19-25(28-11-16)29-21(31)8-9-27-19/h3-7,10-12,14,27H,8-9,13H2,1-2H3,(H,28,29,31)/b7-6+. The average Bonchev–Trinajstić information content (AvgIpc) is 3.42.